The number of primary sulfonamides is 1. The minimum atomic E-state index is -3.74. The number of halogens is 1. The molecular weight excluding hydrogens is 439 g/mol. The molecular formula is C20H17FN6O4S. The molecule has 0 unspecified atom stereocenters. The molecule has 4 aromatic rings. The maximum Gasteiger partial charge on any atom is 0.334 e. The molecule has 0 saturated carbocycles. The lowest BCUT2D eigenvalue weighted by Crippen LogP contribution is -2.34. The van der Waals surface area contributed by atoms with Gasteiger partial charge in [0.15, 0.2) is 5.65 Å². The van der Waals surface area contributed by atoms with E-state index in [1.54, 1.807) is 12.1 Å². The Morgan fingerprint density at radius 3 is 2.56 bits per heavy atom. The number of aromatic nitrogens is 4. The predicted molar refractivity (Wildman–Crippen MR) is 116 cm³/mol. The van der Waals surface area contributed by atoms with Crippen molar-refractivity contribution in [3.8, 4) is 5.69 Å². The predicted octanol–water partition coefficient (Wildman–Crippen LogP) is 0.910. The van der Waals surface area contributed by atoms with Gasteiger partial charge in [-0.1, -0.05) is 18.2 Å². The molecule has 0 aliphatic heterocycles. The zero-order chi connectivity index (χ0) is 22.9. The van der Waals surface area contributed by atoms with E-state index in [1.165, 1.54) is 36.5 Å². The Balaban J connectivity index is 1.53. The van der Waals surface area contributed by atoms with Crippen LogP contribution in [0, 0.1) is 5.82 Å². The highest BCUT2D eigenvalue weighted by Gasteiger charge is 2.12. The number of nitrogens with zero attached hydrogens (tertiary/aromatic N) is 3. The fraction of sp³-hybridized carbons (Fsp3) is 0.100. The Morgan fingerprint density at radius 2 is 1.88 bits per heavy atom. The van der Waals surface area contributed by atoms with Crippen LogP contribution in [-0.2, 0) is 16.4 Å². The standard InChI is InChI=1S/C20H17FN6O4S/c21-13-2-1-3-14(10-13)27-18(28)16-11-24-19(25-17(16)26-20(27)29)23-9-8-12-4-6-15(7-5-12)32(22,30)31/h1-7,10-11H,8-9H2,(H2,22,30,31)(H2,23,24,25,26,29). The third-order valence-electron chi connectivity index (χ3n) is 4.67. The lowest BCUT2D eigenvalue weighted by atomic mass is 10.1. The maximum atomic E-state index is 13.5. The third-order valence-corrected chi connectivity index (χ3v) is 5.59. The first kappa shape index (κ1) is 21.3. The topological polar surface area (TPSA) is 153 Å². The number of sulfonamides is 1. The molecule has 0 aliphatic rings. The van der Waals surface area contributed by atoms with Crippen molar-refractivity contribution in [2.24, 2.45) is 5.14 Å². The van der Waals surface area contributed by atoms with Crippen molar-refractivity contribution < 1.29 is 12.8 Å². The van der Waals surface area contributed by atoms with Gasteiger partial charge >= 0.3 is 5.69 Å². The van der Waals surface area contributed by atoms with E-state index in [0.29, 0.717) is 13.0 Å². The highest BCUT2D eigenvalue weighted by atomic mass is 32.2. The Hall–Kier alpha value is -3.90. The van der Waals surface area contributed by atoms with E-state index < -0.39 is 27.1 Å². The zero-order valence-electron chi connectivity index (χ0n) is 16.4. The first-order chi connectivity index (χ1) is 15.2. The maximum absolute atomic E-state index is 13.5. The Kier molecular flexibility index (Phi) is 5.55. The van der Waals surface area contributed by atoms with Gasteiger partial charge in [-0.05, 0) is 42.3 Å². The van der Waals surface area contributed by atoms with Gasteiger partial charge in [0.05, 0.1) is 10.6 Å². The highest BCUT2D eigenvalue weighted by molar-refractivity contribution is 7.89. The molecule has 0 saturated heterocycles. The van der Waals surface area contributed by atoms with Crippen LogP contribution in [-0.4, -0.2) is 34.5 Å². The SMILES string of the molecule is NS(=O)(=O)c1ccc(CCNc2ncc3c(=O)n(-c4cccc(F)c4)c(=O)[nH]c3n2)cc1. The van der Waals surface area contributed by atoms with E-state index in [2.05, 4.69) is 20.3 Å². The highest BCUT2D eigenvalue weighted by Crippen LogP contribution is 2.11. The van der Waals surface area contributed by atoms with Crippen LogP contribution in [0.2, 0.25) is 0 Å². The third kappa shape index (κ3) is 4.40. The fourth-order valence-corrected chi connectivity index (χ4v) is 3.62. The van der Waals surface area contributed by atoms with E-state index in [4.69, 9.17) is 5.14 Å². The van der Waals surface area contributed by atoms with E-state index >= 15 is 0 Å². The molecule has 2 aromatic heterocycles. The minimum absolute atomic E-state index is 0.0277. The minimum Gasteiger partial charge on any atom is -0.354 e. The summed E-state index contributed by atoms with van der Waals surface area (Å²) in [6.45, 7) is 0.408. The van der Waals surface area contributed by atoms with E-state index in [0.717, 1.165) is 16.2 Å². The molecule has 32 heavy (non-hydrogen) atoms. The van der Waals surface area contributed by atoms with Gasteiger partial charge in [-0.2, -0.15) is 4.98 Å². The lowest BCUT2D eigenvalue weighted by molar-refractivity contribution is 0.597. The number of H-pyrrole nitrogens is 1. The van der Waals surface area contributed by atoms with Crippen LogP contribution in [0.3, 0.4) is 0 Å². The number of nitrogens with two attached hydrogens (primary N) is 1. The number of aromatic amines is 1. The van der Waals surface area contributed by atoms with Crippen molar-refractivity contribution >= 4 is 27.0 Å². The summed E-state index contributed by atoms with van der Waals surface area (Å²) in [5.41, 5.74) is -0.433. The first-order valence-corrected chi connectivity index (χ1v) is 10.9. The number of fused-ring (bicyclic) bond motifs is 1. The van der Waals surface area contributed by atoms with Crippen molar-refractivity contribution in [1.29, 1.82) is 0 Å². The lowest BCUT2D eigenvalue weighted by Gasteiger charge is -2.08. The molecule has 0 fully saturated rings. The van der Waals surface area contributed by atoms with Crippen LogP contribution < -0.4 is 21.7 Å². The van der Waals surface area contributed by atoms with Crippen LogP contribution in [0.25, 0.3) is 16.7 Å². The van der Waals surface area contributed by atoms with Gasteiger partial charge in [0.25, 0.3) is 5.56 Å². The molecule has 10 nitrogen and oxygen atoms in total. The molecule has 164 valence electrons. The molecule has 0 bridgehead atoms. The summed E-state index contributed by atoms with van der Waals surface area (Å²) >= 11 is 0. The molecule has 2 heterocycles. The number of benzene rings is 2. The molecule has 4 N–H and O–H groups in total. The smallest absolute Gasteiger partial charge is 0.334 e. The summed E-state index contributed by atoms with van der Waals surface area (Å²) in [6, 6.07) is 11.3. The molecule has 0 aliphatic carbocycles. The molecule has 0 amide bonds. The van der Waals surface area contributed by atoms with Crippen molar-refractivity contribution in [3.63, 3.8) is 0 Å². The Bertz CT molecular complexity index is 1530. The van der Waals surface area contributed by atoms with Gasteiger partial charge in [0, 0.05) is 12.7 Å². The van der Waals surface area contributed by atoms with Gasteiger partial charge in [-0.3, -0.25) is 9.78 Å². The second-order valence-corrected chi connectivity index (χ2v) is 8.43. The van der Waals surface area contributed by atoms with Crippen LogP contribution in [0.15, 0.2) is 69.2 Å². The summed E-state index contributed by atoms with van der Waals surface area (Å²) in [4.78, 5) is 36.0. The van der Waals surface area contributed by atoms with Crippen molar-refractivity contribution in [2.75, 3.05) is 11.9 Å². The van der Waals surface area contributed by atoms with Crippen molar-refractivity contribution in [1.82, 2.24) is 19.5 Å². The van der Waals surface area contributed by atoms with Gasteiger partial charge in [-0.15, -0.1) is 0 Å². The Morgan fingerprint density at radius 1 is 1.12 bits per heavy atom. The quantitative estimate of drug-likeness (QED) is 0.390. The summed E-state index contributed by atoms with van der Waals surface area (Å²) in [6.07, 6.45) is 1.81. The summed E-state index contributed by atoms with van der Waals surface area (Å²) in [5.74, 6) is -0.388. The number of hydrogen-bond acceptors (Lipinski definition) is 7. The normalized spacial score (nSPS) is 11.6. The van der Waals surface area contributed by atoms with Crippen molar-refractivity contribution in [3.05, 3.63) is 86.9 Å². The average Bonchev–Trinajstić information content (AvgIpc) is 2.73. The van der Waals surface area contributed by atoms with Gasteiger partial charge in [0.1, 0.15) is 11.2 Å². The van der Waals surface area contributed by atoms with E-state index in [9.17, 15) is 22.4 Å². The molecule has 0 spiro atoms. The molecule has 2 aromatic carbocycles. The summed E-state index contributed by atoms with van der Waals surface area (Å²) in [5, 5.41) is 8.12. The summed E-state index contributed by atoms with van der Waals surface area (Å²) < 4.78 is 36.9. The molecule has 12 heteroatoms. The van der Waals surface area contributed by atoms with Gasteiger partial charge < -0.3 is 5.32 Å². The largest absolute Gasteiger partial charge is 0.354 e. The number of anilines is 1. The zero-order valence-corrected chi connectivity index (χ0v) is 17.3. The van der Waals surface area contributed by atoms with Crippen molar-refractivity contribution in [2.45, 2.75) is 11.3 Å². The summed E-state index contributed by atoms with van der Waals surface area (Å²) in [7, 11) is -3.74. The second-order valence-electron chi connectivity index (χ2n) is 6.87. The number of nitrogens with one attached hydrogen (secondary N) is 2. The number of rotatable bonds is 6. The van der Waals surface area contributed by atoms with Crippen LogP contribution in [0.4, 0.5) is 10.3 Å². The van der Waals surface area contributed by atoms with E-state index in [1.807, 2.05) is 0 Å². The van der Waals surface area contributed by atoms with Crippen LogP contribution in [0.1, 0.15) is 5.56 Å². The Labute approximate surface area is 180 Å². The number of hydrogen-bond donors (Lipinski definition) is 3. The molecule has 4 rings (SSSR count). The molecule has 0 atom stereocenters. The average molecular weight is 456 g/mol. The van der Waals surface area contributed by atoms with Crippen LogP contribution >= 0.6 is 0 Å². The molecule has 0 radical (unpaired) electrons. The fourth-order valence-electron chi connectivity index (χ4n) is 3.10. The second kappa shape index (κ2) is 8.32. The van der Waals surface area contributed by atoms with Gasteiger partial charge in [-0.25, -0.2) is 32.3 Å². The van der Waals surface area contributed by atoms with E-state index in [-0.39, 0.29) is 27.6 Å². The monoisotopic (exact) mass is 456 g/mol. The first-order valence-electron chi connectivity index (χ1n) is 9.36. The van der Waals surface area contributed by atoms with Crippen LogP contribution in [0.5, 0.6) is 0 Å². The van der Waals surface area contributed by atoms with Gasteiger partial charge in [0.2, 0.25) is 16.0 Å².